The van der Waals surface area contributed by atoms with Gasteiger partial charge >= 0.3 is 0 Å². The zero-order valence-electron chi connectivity index (χ0n) is 10.7. The van der Waals surface area contributed by atoms with Crippen molar-refractivity contribution in [2.75, 3.05) is 14.1 Å². The van der Waals surface area contributed by atoms with Crippen LogP contribution in [-0.2, 0) is 10.0 Å². The molecule has 0 aliphatic heterocycles. The maximum Gasteiger partial charge on any atom is 0.242 e. The van der Waals surface area contributed by atoms with E-state index in [0.29, 0.717) is 11.1 Å². The molecule has 1 N–H and O–H groups in total. The van der Waals surface area contributed by atoms with Crippen LogP contribution in [-0.4, -0.2) is 31.9 Å². The molecule has 5 heteroatoms. The predicted molar refractivity (Wildman–Crippen MR) is 74.4 cm³/mol. The zero-order valence-corrected chi connectivity index (χ0v) is 11.6. The van der Waals surface area contributed by atoms with E-state index in [1.54, 1.807) is 48.5 Å². The van der Waals surface area contributed by atoms with Gasteiger partial charge in [0.05, 0.1) is 4.90 Å². The predicted octanol–water partition coefficient (Wildman–Crippen LogP) is 2.31. The van der Waals surface area contributed by atoms with Gasteiger partial charge in [-0.1, -0.05) is 30.3 Å². The molecule has 2 aromatic rings. The maximum atomic E-state index is 12.1. The summed E-state index contributed by atoms with van der Waals surface area (Å²) in [4.78, 5) is 0.207. The van der Waals surface area contributed by atoms with Crippen molar-refractivity contribution < 1.29 is 13.5 Å². The second-order valence-electron chi connectivity index (χ2n) is 4.33. The summed E-state index contributed by atoms with van der Waals surface area (Å²) >= 11 is 0. The minimum absolute atomic E-state index is 0.127. The van der Waals surface area contributed by atoms with Gasteiger partial charge in [-0.15, -0.1) is 0 Å². The molecular formula is C14H15NO3S. The number of hydrogen-bond donors (Lipinski definition) is 1. The molecule has 100 valence electrons. The number of phenolic OH excluding ortho intramolecular Hbond substituents is 1. The van der Waals surface area contributed by atoms with Gasteiger partial charge in [0.15, 0.2) is 0 Å². The molecule has 0 bridgehead atoms. The van der Waals surface area contributed by atoms with Crippen molar-refractivity contribution in [3.8, 4) is 16.9 Å². The summed E-state index contributed by atoms with van der Waals surface area (Å²) in [6, 6.07) is 13.4. The van der Waals surface area contributed by atoms with Gasteiger partial charge in [0, 0.05) is 19.7 Å². The van der Waals surface area contributed by atoms with Crippen LogP contribution in [0.25, 0.3) is 11.1 Å². The van der Waals surface area contributed by atoms with Crippen molar-refractivity contribution in [2.24, 2.45) is 0 Å². The van der Waals surface area contributed by atoms with Gasteiger partial charge in [0.2, 0.25) is 10.0 Å². The standard InChI is InChI=1S/C14H15NO3S/c1-15(2)19(17,18)12-7-5-6-11(10-12)13-8-3-4-9-14(13)16/h3-10,16H,1-2H3. The number of para-hydroxylation sites is 1. The Labute approximate surface area is 113 Å². The SMILES string of the molecule is CN(C)S(=O)(=O)c1cccc(-c2ccccc2O)c1. The largest absolute Gasteiger partial charge is 0.507 e. The van der Waals surface area contributed by atoms with Gasteiger partial charge in [-0.3, -0.25) is 0 Å². The number of rotatable bonds is 3. The van der Waals surface area contributed by atoms with E-state index in [1.165, 1.54) is 14.1 Å². The lowest BCUT2D eigenvalue weighted by atomic mass is 10.1. The fourth-order valence-corrected chi connectivity index (χ4v) is 2.70. The highest BCUT2D eigenvalue weighted by Gasteiger charge is 2.17. The third-order valence-corrected chi connectivity index (χ3v) is 4.64. The number of benzene rings is 2. The highest BCUT2D eigenvalue weighted by Crippen LogP contribution is 2.30. The monoisotopic (exact) mass is 277 g/mol. The molecule has 0 saturated heterocycles. The summed E-state index contributed by atoms with van der Waals surface area (Å²) in [6.07, 6.45) is 0. The Morgan fingerprint density at radius 2 is 1.68 bits per heavy atom. The molecule has 19 heavy (non-hydrogen) atoms. The molecule has 0 unspecified atom stereocenters. The molecule has 2 rings (SSSR count). The van der Waals surface area contributed by atoms with Gasteiger partial charge in [-0.25, -0.2) is 12.7 Å². The first-order chi connectivity index (χ1) is 8.93. The van der Waals surface area contributed by atoms with Crippen molar-refractivity contribution in [3.63, 3.8) is 0 Å². The fraction of sp³-hybridized carbons (Fsp3) is 0.143. The van der Waals surface area contributed by atoms with E-state index < -0.39 is 10.0 Å². The molecule has 0 radical (unpaired) electrons. The average Bonchev–Trinajstić information content (AvgIpc) is 2.39. The molecule has 0 aromatic heterocycles. The van der Waals surface area contributed by atoms with Gasteiger partial charge < -0.3 is 5.11 Å². The van der Waals surface area contributed by atoms with Crippen LogP contribution in [0.5, 0.6) is 5.75 Å². The summed E-state index contributed by atoms with van der Waals surface area (Å²) in [5.41, 5.74) is 1.28. The highest BCUT2D eigenvalue weighted by molar-refractivity contribution is 7.89. The lowest BCUT2D eigenvalue weighted by Crippen LogP contribution is -2.22. The highest BCUT2D eigenvalue weighted by atomic mass is 32.2. The van der Waals surface area contributed by atoms with Crippen molar-refractivity contribution in [3.05, 3.63) is 48.5 Å². The van der Waals surface area contributed by atoms with E-state index in [0.717, 1.165) is 4.31 Å². The van der Waals surface area contributed by atoms with Crippen LogP contribution in [0.4, 0.5) is 0 Å². The van der Waals surface area contributed by atoms with E-state index in [4.69, 9.17) is 0 Å². The van der Waals surface area contributed by atoms with E-state index in [9.17, 15) is 13.5 Å². The molecule has 0 fully saturated rings. The lowest BCUT2D eigenvalue weighted by molar-refractivity contribution is 0.477. The first-order valence-corrected chi connectivity index (χ1v) is 7.18. The molecule has 4 nitrogen and oxygen atoms in total. The van der Waals surface area contributed by atoms with Crippen LogP contribution in [0.2, 0.25) is 0 Å². The molecular weight excluding hydrogens is 262 g/mol. The van der Waals surface area contributed by atoms with Crippen molar-refractivity contribution in [1.82, 2.24) is 4.31 Å². The zero-order chi connectivity index (χ0) is 14.0. The van der Waals surface area contributed by atoms with Crippen LogP contribution in [0.15, 0.2) is 53.4 Å². The van der Waals surface area contributed by atoms with Crippen molar-refractivity contribution in [2.45, 2.75) is 4.90 Å². The quantitative estimate of drug-likeness (QED) is 0.936. The Bertz CT molecular complexity index is 693. The van der Waals surface area contributed by atoms with Crippen LogP contribution in [0, 0.1) is 0 Å². The van der Waals surface area contributed by atoms with Crippen LogP contribution < -0.4 is 0 Å². The smallest absolute Gasteiger partial charge is 0.242 e. The maximum absolute atomic E-state index is 12.1. The van der Waals surface area contributed by atoms with Gasteiger partial charge in [0.25, 0.3) is 0 Å². The molecule has 0 aliphatic carbocycles. The summed E-state index contributed by atoms with van der Waals surface area (Å²) in [5.74, 6) is 0.127. The second kappa shape index (κ2) is 5.03. The Balaban J connectivity index is 2.56. The van der Waals surface area contributed by atoms with Crippen LogP contribution in [0.1, 0.15) is 0 Å². The Morgan fingerprint density at radius 1 is 1.00 bits per heavy atom. The molecule has 0 amide bonds. The first kappa shape index (κ1) is 13.6. The fourth-order valence-electron chi connectivity index (χ4n) is 1.75. The minimum atomic E-state index is -3.47. The van der Waals surface area contributed by atoms with Crippen LogP contribution in [0.3, 0.4) is 0 Å². The number of hydrogen-bond acceptors (Lipinski definition) is 3. The molecule has 2 aromatic carbocycles. The minimum Gasteiger partial charge on any atom is -0.507 e. The van der Waals surface area contributed by atoms with E-state index in [-0.39, 0.29) is 10.6 Å². The van der Waals surface area contributed by atoms with Gasteiger partial charge in [-0.05, 0) is 23.8 Å². The number of aromatic hydroxyl groups is 1. The molecule has 0 atom stereocenters. The van der Waals surface area contributed by atoms with Crippen molar-refractivity contribution in [1.29, 1.82) is 0 Å². The first-order valence-electron chi connectivity index (χ1n) is 5.74. The van der Waals surface area contributed by atoms with Gasteiger partial charge in [-0.2, -0.15) is 0 Å². The number of sulfonamides is 1. The van der Waals surface area contributed by atoms with Crippen molar-refractivity contribution >= 4 is 10.0 Å². The lowest BCUT2D eigenvalue weighted by Gasteiger charge is -2.12. The normalized spacial score (nSPS) is 11.7. The third kappa shape index (κ3) is 2.62. The molecule has 0 saturated carbocycles. The molecule has 0 heterocycles. The molecule has 0 aliphatic rings. The molecule has 0 spiro atoms. The number of nitrogens with zero attached hydrogens (tertiary/aromatic N) is 1. The Morgan fingerprint density at radius 3 is 2.32 bits per heavy atom. The summed E-state index contributed by atoms with van der Waals surface area (Å²) in [5, 5.41) is 9.81. The Kier molecular flexibility index (Phi) is 3.59. The summed E-state index contributed by atoms with van der Waals surface area (Å²) in [7, 11) is -0.492. The third-order valence-electron chi connectivity index (χ3n) is 2.83. The van der Waals surface area contributed by atoms with Gasteiger partial charge in [0.1, 0.15) is 5.75 Å². The van der Waals surface area contributed by atoms with E-state index in [2.05, 4.69) is 0 Å². The van der Waals surface area contributed by atoms with Crippen LogP contribution >= 0.6 is 0 Å². The summed E-state index contributed by atoms with van der Waals surface area (Å²) < 4.78 is 25.3. The van der Waals surface area contributed by atoms with E-state index >= 15 is 0 Å². The topological polar surface area (TPSA) is 57.6 Å². The Hall–Kier alpha value is -1.85. The second-order valence-corrected chi connectivity index (χ2v) is 6.48. The summed E-state index contributed by atoms with van der Waals surface area (Å²) in [6.45, 7) is 0. The number of phenols is 1. The van der Waals surface area contributed by atoms with E-state index in [1.807, 2.05) is 0 Å². The average molecular weight is 277 g/mol.